The second-order valence-electron chi connectivity index (χ2n) is 5.64. The molecule has 0 unspecified atom stereocenters. The average Bonchev–Trinajstić information content (AvgIpc) is 2.88. The molecular formula is C18H19N3O2S. The number of anilines is 1. The van der Waals surface area contributed by atoms with Crippen molar-refractivity contribution in [3.05, 3.63) is 65.7 Å². The molecule has 6 heteroatoms. The minimum atomic E-state index is -0.978. The number of nitrogens with one attached hydrogen (secondary N) is 1. The topological polar surface area (TPSA) is 64.9 Å². The second kappa shape index (κ2) is 6.67. The maximum atomic E-state index is 13.0. The van der Waals surface area contributed by atoms with Crippen LogP contribution in [0.2, 0.25) is 0 Å². The SMILES string of the molecule is CSC1=N[C@](C)(c2ccc(CO)cc2)C(=O)N1Nc1ccccc1. The van der Waals surface area contributed by atoms with E-state index >= 15 is 0 Å². The van der Waals surface area contributed by atoms with Crippen LogP contribution in [0, 0.1) is 0 Å². The first-order valence-corrected chi connectivity index (χ1v) is 8.81. The Morgan fingerprint density at radius 2 is 1.83 bits per heavy atom. The minimum Gasteiger partial charge on any atom is -0.392 e. The van der Waals surface area contributed by atoms with E-state index in [1.807, 2.05) is 67.8 Å². The molecule has 24 heavy (non-hydrogen) atoms. The van der Waals surface area contributed by atoms with Gasteiger partial charge >= 0.3 is 0 Å². The number of para-hydroxylation sites is 1. The molecule has 1 atom stereocenters. The molecule has 1 heterocycles. The van der Waals surface area contributed by atoms with Crippen LogP contribution in [0.25, 0.3) is 0 Å². The Kier molecular flexibility index (Phi) is 4.59. The van der Waals surface area contributed by atoms with E-state index < -0.39 is 5.54 Å². The number of hydrogen-bond donors (Lipinski definition) is 2. The van der Waals surface area contributed by atoms with Crippen LogP contribution in [-0.2, 0) is 16.9 Å². The van der Waals surface area contributed by atoms with Crippen LogP contribution in [-0.4, -0.2) is 27.4 Å². The summed E-state index contributed by atoms with van der Waals surface area (Å²) in [5.74, 6) is -0.132. The first kappa shape index (κ1) is 16.5. The smallest absolute Gasteiger partial charge is 0.279 e. The van der Waals surface area contributed by atoms with Crippen LogP contribution in [0.3, 0.4) is 0 Å². The number of carbonyl (C=O) groups is 1. The molecule has 1 aliphatic rings. The van der Waals surface area contributed by atoms with Crippen molar-refractivity contribution in [1.29, 1.82) is 0 Å². The van der Waals surface area contributed by atoms with Crippen LogP contribution >= 0.6 is 11.8 Å². The Balaban J connectivity index is 1.92. The maximum absolute atomic E-state index is 13.0. The van der Waals surface area contributed by atoms with E-state index in [0.29, 0.717) is 5.17 Å². The molecule has 2 aromatic carbocycles. The lowest BCUT2D eigenvalue weighted by Gasteiger charge is -2.24. The van der Waals surface area contributed by atoms with Crippen molar-refractivity contribution in [2.75, 3.05) is 11.7 Å². The molecule has 0 radical (unpaired) electrons. The summed E-state index contributed by atoms with van der Waals surface area (Å²) in [5.41, 5.74) is 4.59. The second-order valence-corrected chi connectivity index (χ2v) is 6.42. The van der Waals surface area contributed by atoms with Gasteiger partial charge in [-0.1, -0.05) is 54.2 Å². The number of hydrazine groups is 1. The summed E-state index contributed by atoms with van der Waals surface area (Å²) in [7, 11) is 0. The van der Waals surface area contributed by atoms with E-state index in [1.165, 1.54) is 16.8 Å². The molecular weight excluding hydrogens is 322 g/mol. The van der Waals surface area contributed by atoms with Gasteiger partial charge in [0.05, 0.1) is 12.3 Å². The number of thioether (sulfide) groups is 1. The van der Waals surface area contributed by atoms with Crippen molar-refractivity contribution >= 4 is 28.5 Å². The molecule has 0 saturated heterocycles. The van der Waals surface area contributed by atoms with Crippen LogP contribution in [0.15, 0.2) is 59.6 Å². The number of hydrogen-bond acceptors (Lipinski definition) is 5. The predicted molar refractivity (Wildman–Crippen MR) is 97.6 cm³/mol. The fourth-order valence-electron chi connectivity index (χ4n) is 2.59. The lowest BCUT2D eigenvalue weighted by molar-refractivity contribution is -0.129. The number of aliphatic hydroxyl groups is 1. The molecule has 3 rings (SSSR count). The molecule has 1 aliphatic heterocycles. The number of aliphatic hydroxyl groups excluding tert-OH is 1. The highest BCUT2D eigenvalue weighted by Crippen LogP contribution is 2.35. The monoisotopic (exact) mass is 341 g/mol. The van der Waals surface area contributed by atoms with Gasteiger partial charge in [-0.3, -0.25) is 10.2 Å². The summed E-state index contributed by atoms with van der Waals surface area (Å²) in [6.45, 7) is 1.79. The number of benzene rings is 2. The number of amidine groups is 1. The summed E-state index contributed by atoms with van der Waals surface area (Å²) in [4.78, 5) is 17.7. The van der Waals surface area contributed by atoms with E-state index in [1.54, 1.807) is 0 Å². The molecule has 1 amide bonds. The molecule has 0 fully saturated rings. The molecule has 5 nitrogen and oxygen atoms in total. The minimum absolute atomic E-state index is 0.0219. The van der Waals surface area contributed by atoms with E-state index in [0.717, 1.165) is 16.8 Å². The maximum Gasteiger partial charge on any atom is 0.279 e. The fraction of sp³-hybridized carbons (Fsp3) is 0.222. The highest BCUT2D eigenvalue weighted by Gasteiger charge is 2.46. The fourth-order valence-corrected chi connectivity index (χ4v) is 3.18. The van der Waals surface area contributed by atoms with E-state index in [9.17, 15) is 9.90 Å². The zero-order chi connectivity index (χ0) is 17.2. The van der Waals surface area contributed by atoms with Gasteiger partial charge in [0, 0.05) is 0 Å². The molecule has 0 aromatic heterocycles. The van der Waals surface area contributed by atoms with Gasteiger partial charge in [-0.05, 0) is 36.4 Å². The van der Waals surface area contributed by atoms with Crippen LogP contribution < -0.4 is 5.43 Å². The molecule has 0 bridgehead atoms. The van der Waals surface area contributed by atoms with Crippen molar-refractivity contribution in [3.63, 3.8) is 0 Å². The Labute approximate surface area is 145 Å². The Morgan fingerprint density at radius 3 is 2.42 bits per heavy atom. The quantitative estimate of drug-likeness (QED) is 0.897. The van der Waals surface area contributed by atoms with Crippen molar-refractivity contribution in [2.24, 2.45) is 4.99 Å². The summed E-state index contributed by atoms with van der Waals surface area (Å²) < 4.78 is 0. The van der Waals surface area contributed by atoms with Crippen molar-refractivity contribution in [2.45, 2.75) is 19.1 Å². The standard InChI is InChI=1S/C18H19N3O2S/c1-18(14-10-8-13(12-22)9-11-14)16(23)21(17(19-18)24-2)20-15-6-4-3-5-7-15/h3-11,20,22H,12H2,1-2H3/t18-/m1/s1. The molecule has 124 valence electrons. The Morgan fingerprint density at radius 1 is 1.17 bits per heavy atom. The first-order valence-electron chi connectivity index (χ1n) is 7.59. The lowest BCUT2D eigenvalue weighted by atomic mass is 9.92. The van der Waals surface area contributed by atoms with Gasteiger partial charge in [0.1, 0.15) is 0 Å². The molecule has 2 N–H and O–H groups in total. The van der Waals surface area contributed by atoms with Gasteiger partial charge in [-0.15, -0.1) is 0 Å². The van der Waals surface area contributed by atoms with Gasteiger partial charge in [-0.25, -0.2) is 4.99 Å². The van der Waals surface area contributed by atoms with Crippen LogP contribution in [0.1, 0.15) is 18.1 Å². The highest BCUT2D eigenvalue weighted by molar-refractivity contribution is 8.13. The highest BCUT2D eigenvalue weighted by atomic mass is 32.2. The molecule has 0 aliphatic carbocycles. The van der Waals surface area contributed by atoms with Gasteiger partial charge < -0.3 is 5.11 Å². The third-order valence-corrected chi connectivity index (χ3v) is 4.66. The number of rotatable bonds is 4. The number of nitrogens with zero attached hydrogens (tertiary/aromatic N) is 2. The lowest BCUT2D eigenvalue weighted by Crippen LogP contribution is -2.42. The number of amides is 1. The normalized spacial score (nSPS) is 20.2. The van der Waals surface area contributed by atoms with Gasteiger partial charge in [0.15, 0.2) is 10.7 Å². The third kappa shape index (κ3) is 2.90. The molecule has 0 saturated carbocycles. The summed E-state index contributed by atoms with van der Waals surface area (Å²) >= 11 is 1.42. The summed E-state index contributed by atoms with van der Waals surface area (Å²) in [6, 6.07) is 16.9. The van der Waals surface area contributed by atoms with Crippen LogP contribution in [0.4, 0.5) is 5.69 Å². The van der Waals surface area contributed by atoms with Crippen molar-refractivity contribution < 1.29 is 9.90 Å². The number of aliphatic imine (C=N–C) groups is 1. The van der Waals surface area contributed by atoms with Crippen molar-refractivity contribution in [1.82, 2.24) is 5.01 Å². The zero-order valence-corrected chi connectivity index (χ0v) is 14.4. The molecule has 0 spiro atoms. The Hall–Kier alpha value is -2.31. The molecule has 2 aromatic rings. The summed E-state index contributed by atoms with van der Waals surface area (Å²) in [6.07, 6.45) is 1.90. The van der Waals surface area contributed by atoms with Gasteiger partial charge in [0.2, 0.25) is 0 Å². The van der Waals surface area contributed by atoms with E-state index in [2.05, 4.69) is 10.4 Å². The predicted octanol–water partition coefficient (Wildman–Crippen LogP) is 2.98. The van der Waals surface area contributed by atoms with E-state index in [-0.39, 0.29) is 12.5 Å². The Bertz CT molecular complexity index is 762. The van der Waals surface area contributed by atoms with Crippen LogP contribution in [0.5, 0.6) is 0 Å². The van der Waals surface area contributed by atoms with Gasteiger partial charge in [0.25, 0.3) is 5.91 Å². The third-order valence-electron chi connectivity index (χ3n) is 4.03. The largest absolute Gasteiger partial charge is 0.392 e. The zero-order valence-electron chi connectivity index (χ0n) is 13.6. The van der Waals surface area contributed by atoms with Gasteiger partial charge in [-0.2, -0.15) is 5.01 Å². The van der Waals surface area contributed by atoms with E-state index in [4.69, 9.17) is 0 Å². The van der Waals surface area contributed by atoms with Crippen molar-refractivity contribution in [3.8, 4) is 0 Å². The summed E-state index contributed by atoms with van der Waals surface area (Å²) in [5, 5.41) is 11.3. The first-order chi connectivity index (χ1) is 11.6. The average molecular weight is 341 g/mol. The number of carbonyl (C=O) groups excluding carboxylic acids is 1.